The number of aliphatic hydroxyl groups is 1. The van der Waals surface area contributed by atoms with Gasteiger partial charge in [0.2, 0.25) is 0 Å². The summed E-state index contributed by atoms with van der Waals surface area (Å²) in [5.74, 6) is 0. The summed E-state index contributed by atoms with van der Waals surface area (Å²) in [5, 5.41) is 12.5. The van der Waals surface area contributed by atoms with Crippen LogP contribution in [0, 0.1) is 6.92 Å². The van der Waals surface area contributed by atoms with Crippen LogP contribution in [-0.2, 0) is 11.3 Å². The largest absolute Gasteiger partial charge is 0.395 e. The van der Waals surface area contributed by atoms with E-state index in [0.717, 1.165) is 32.7 Å². The van der Waals surface area contributed by atoms with Crippen molar-refractivity contribution in [2.24, 2.45) is 0 Å². The molecule has 0 unspecified atom stereocenters. The molecule has 20 heavy (non-hydrogen) atoms. The topological polar surface area (TPSA) is 44.7 Å². The first-order chi connectivity index (χ1) is 9.72. The number of ether oxygens (including phenoxy) is 1. The van der Waals surface area contributed by atoms with Crippen molar-refractivity contribution in [2.75, 3.05) is 44.9 Å². The Morgan fingerprint density at radius 2 is 2.10 bits per heavy atom. The maximum Gasteiger partial charge on any atom is 0.0606 e. The Labute approximate surface area is 122 Å². The van der Waals surface area contributed by atoms with E-state index >= 15 is 0 Å². The second kappa shape index (κ2) is 9.75. The minimum Gasteiger partial charge on any atom is -0.395 e. The third kappa shape index (κ3) is 5.49. The summed E-state index contributed by atoms with van der Waals surface area (Å²) >= 11 is 0. The summed E-state index contributed by atoms with van der Waals surface area (Å²) in [6.07, 6.45) is 1.08. The van der Waals surface area contributed by atoms with Gasteiger partial charge in [-0.05, 0) is 30.5 Å². The van der Waals surface area contributed by atoms with Gasteiger partial charge < -0.3 is 20.1 Å². The van der Waals surface area contributed by atoms with Gasteiger partial charge in [0.25, 0.3) is 0 Å². The highest BCUT2D eigenvalue weighted by molar-refractivity contribution is 5.54. The molecule has 0 amide bonds. The van der Waals surface area contributed by atoms with Gasteiger partial charge in [-0.15, -0.1) is 0 Å². The number of aryl methyl sites for hydroxylation is 1. The Hall–Kier alpha value is -1.10. The van der Waals surface area contributed by atoms with Crippen LogP contribution in [0.5, 0.6) is 0 Å². The van der Waals surface area contributed by atoms with Crippen LogP contribution in [0.2, 0.25) is 0 Å². The van der Waals surface area contributed by atoms with Gasteiger partial charge in [0, 0.05) is 39.0 Å². The van der Waals surface area contributed by atoms with Crippen LogP contribution in [0.25, 0.3) is 0 Å². The molecule has 0 fully saturated rings. The Kier molecular flexibility index (Phi) is 8.26. The first-order valence-corrected chi connectivity index (χ1v) is 7.38. The van der Waals surface area contributed by atoms with E-state index in [1.54, 1.807) is 7.11 Å². The minimum atomic E-state index is 0.194. The lowest BCUT2D eigenvalue weighted by atomic mass is 10.1. The van der Waals surface area contributed by atoms with Gasteiger partial charge in [-0.2, -0.15) is 0 Å². The van der Waals surface area contributed by atoms with Crippen molar-refractivity contribution >= 4 is 5.69 Å². The number of aliphatic hydroxyl groups excluding tert-OH is 1. The zero-order valence-electron chi connectivity index (χ0n) is 13.0. The second-order valence-electron chi connectivity index (χ2n) is 5.00. The summed E-state index contributed by atoms with van der Waals surface area (Å²) in [7, 11) is 1.71. The van der Waals surface area contributed by atoms with Crippen LogP contribution >= 0.6 is 0 Å². The van der Waals surface area contributed by atoms with Crippen molar-refractivity contribution in [2.45, 2.75) is 26.8 Å². The number of hydrogen-bond donors (Lipinski definition) is 2. The molecular weight excluding hydrogens is 252 g/mol. The van der Waals surface area contributed by atoms with Crippen molar-refractivity contribution in [1.29, 1.82) is 0 Å². The fourth-order valence-electron chi connectivity index (χ4n) is 2.33. The van der Waals surface area contributed by atoms with Gasteiger partial charge in [-0.3, -0.25) is 0 Å². The van der Waals surface area contributed by atoms with Gasteiger partial charge in [0.05, 0.1) is 13.2 Å². The first-order valence-electron chi connectivity index (χ1n) is 7.38. The standard InChI is InChI=1S/C16H28N2O2/c1-4-8-18(9-10-19)16-6-5-15(12-14(16)2)13-17-7-11-20-3/h5-6,12,17,19H,4,7-11,13H2,1-3H3. The molecule has 4 nitrogen and oxygen atoms in total. The molecule has 0 saturated carbocycles. The van der Waals surface area contributed by atoms with Crippen molar-refractivity contribution < 1.29 is 9.84 Å². The van der Waals surface area contributed by atoms with Crippen molar-refractivity contribution in [3.05, 3.63) is 29.3 Å². The molecular formula is C16H28N2O2. The third-order valence-corrected chi connectivity index (χ3v) is 3.28. The van der Waals surface area contributed by atoms with Gasteiger partial charge >= 0.3 is 0 Å². The number of benzene rings is 1. The normalized spacial score (nSPS) is 10.8. The lowest BCUT2D eigenvalue weighted by molar-refractivity contribution is 0.199. The average molecular weight is 280 g/mol. The molecule has 0 atom stereocenters. The molecule has 1 aromatic carbocycles. The number of nitrogens with one attached hydrogen (secondary N) is 1. The van der Waals surface area contributed by atoms with E-state index in [1.807, 2.05) is 0 Å². The van der Waals surface area contributed by atoms with E-state index < -0.39 is 0 Å². The number of methoxy groups -OCH3 is 1. The molecule has 0 radical (unpaired) electrons. The summed E-state index contributed by atoms with van der Waals surface area (Å²) in [6.45, 7) is 8.62. The molecule has 0 aliphatic carbocycles. The molecule has 0 saturated heterocycles. The molecule has 1 rings (SSSR count). The Bertz CT molecular complexity index is 377. The van der Waals surface area contributed by atoms with Gasteiger partial charge in [-0.1, -0.05) is 19.1 Å². The quantitative estimate of drug-likeness (QED) is 0.643. The number of nitrogens with zero attached hydrogens (tertiary/aromatic N) is 1. The maximum absolute atomic E-state index is 9.17. The molecule has 1 aromatic rings. The van der Waals surface area contributed by atoms with Crippen LogP contribution in [0.4, 0.5) is 5.69 Å². The molecule has 0 aromatic heterocycles. The first kappa shape index (κ1) is 17.0. The van der Waals surface area contributed by atoms with Crippen molar-refractivity contribution in [1.82, 2.24) is 5.32 Å². The van der Waals surface area contributed by atoms with Crippen LogP contribution in [0.1, 0.15) is 24.5 Å². The average Bonchev–Trinajstić information content (AvgIpc) is 2.44. The van der Waals surface area contributed by atoms with Crippen LogP contribution in [0.15, 0.2) is 18.2 Å². The summed E-state index contributed by atoms with van der Waals surface area (Å²) in [6, 6.07) is 6.53. The number of rotatable bonds is 10. The number of hydrogen-bond acceptors (Lipinski definition) is 4. The zero-order chi connectivity index (χ0) is 14.8. The molecule has 4 heteroatoms. The van der Waals surface area contributed by atoms with E-state index in [4.69, 9.17) is 4.74 Å². The highest BCUT2D eigenvalue weighted by atomic mass is 16.5. The smallest absolute Gasteiger partial charge is 0.0606 e. The molecule has 0 aliphatic rings. The highest BCUT2D eigenvalue weighted by Crippen LogP contribution is 2.21. The second-order valence-corrected chi connectivity index (χ2v) is 5.00. The van der Waals surface area contributed by atoms with Gasteiger partial charge in [0.15, 0.2) is 0 Å². The molecule has 0 aliphatic heterocycles. The van der Waals surface area contributed by atoms with Gasteiger partial charge in [0.1, 0.15) is 0 Å². The summed E-state index contributed by atoms with van der Waals surface area (Å²) in [5.41, 5.74) is 3.77. The molecule has 0 bridgehead atoms. The van der Waals surface area contributed by atoms with Crippen LogP contribution in [-0.4, -0.2) is 45.1 Å². The fraction of sp³-hybridized carbons (Fsp3) is 0.625. The monoisotopic (exact) mass is 280 g/mol. The van der Waals surface area contributed by atoms with Crippen LogP contribution < -0.4 is 10.2 Å². The van der Waals surface area contributed by atoms with E-state index in [-0.39, 0.29) is 6.61 Å². The lowest BCUT2D eigenvalue weighted by Gasteiger charge is -2.25. The fourth-order valence-corrected chi connectivity index (χ4v) is 2.33. The van der Waals surface area contributed by atoms with E-state index in [9.17, 15) is 5.11 Å². The maximum atomic E-state index is 9.17. The predicted octanol–water partition coefficient (Wildman–Crippen LogP) is 1.94. The molecule has 0 spiro atoms. The number of anilines is 1. The summed E-state index contributed by atoms with van der Waals surface area (Å²) in [4.78, 5) is 2.25. The van der Waals surface area contributed by atoms with Crippen LogP contribution in [0.3, 0.4) is 0 Å². The Morgan fingerprint density at radius 1 is 1.30 bits per heavy atom. The third-order valence-electron chi connectivity index (χ3n) is 3.28. The molecule has 2 N–H and O–H groups in total. The van der Waals surface area contributed by atoms with E-state index in [0.29, 0.717) is 6.54 Å². The van der Waals surface area contributed by atoms with Crippen molar-refractivity contribution in [3.8, 4) is 0 Å². The highest BCUT2D eigenvalue weighted by Gasteiger charge is 2.08. The van der Waals surface area contributed by atoms with Gasteiger partial charge in [-0.25, -0.2) is 0 Å². The van der Waals surface area contributed by atoms with E-state index in [2.05, 4.69) is 42.3 Å². The lowest BCUT2D eigenvalue weighted by Crippen LogP contribution is -2.28. The Balaban J connectivity index is 2.65. The minimum absolute atomic E-state index is 0.194. The summed E-state index contributed by atoms with van der Waals surface area (Å²) < 4.78 is 5.02. The molecule has 114 valence electrons. The SMILES string of the molecule is CCCN(CCO)c1ccc(CNCCOC)cc1C. The predicted molar refractivity (Wildman–Crippen MR) is 84.4 cm³/mol. The Morgan fingerprint density at radius 3 is 2.70 bits per heavy atom. The molecule has 0 heterocycles. The van der Waals surface area contributed by atoms with Crippen molar-refractivity contribution in [3.63, 3.8) is 0 Å². The van der Waals surface area contributed by atoms with E-state index in [1.165, 1.54) is 16.8 Å². The zero-order valence-corrected chi connectivity index (χ0v) is 13.0.